The summed E-state index contributed by atoms with van der Waals surface area (Å²) in [6, 6.07) is 6.96. The molecule has 0 aliphatic carbocycles. The van der Waals surface area contributed by atoms with Crippen molar-refractivity contribution in [2.75, 3.05) is 0 Å². The van der Waals surface area contributed by atoms with Gasteiger partial charge in [-0.25, -0.2) is 8.78 Å². The normalized spacial score (nSPS) is 10.3. The highest BCUT2D eigenvalue weighted by Crippen LogP contribution is 2.19. The molecule has 0 radical (unpaired) electrons. The van der Waals surface area contributed by atoms with E-state index >= 15 is 0 Å². The Morgan fingerprint density at radius 2 is 1.73 bits per heavy atom. The predicted octanol–water partition coefficient (Wildman–Crippen LogP) is 3.18. The van der Waals surface area contributed by atoms with Gasteiger partial charge >= 0.3 is 0 Å². The van der Waals surface area contributed by atoms with Crippen LogP contribution in [0, 0.1) is 11.6 Å². The van der Waals surface area contributed by atoms with Crippen LogP contribution in [0.2, 0.25) is 0 Å². The molecule has 0 atom stereocenters. The standard InChI is InChI=1S/C10H5BrF2N2/c11-10-4-3-9(14-15-10)6-1-2-7(12)8(13)5-6/h1-5H. The van der Waals surface area contributed by atoms with Crippen molar-refractivity contribution in [1.82, 2.24) is 10.2 Å². The van der Waals surface area contributed by atoms with Crippen LogP contribution < -0.4 is 0 Å². The Balaban J connectivity index is 2.45. The highest BCUT2D eigenvalue weighted by atomic mass is 79.9. The molecule has 76 valence electrons. The van der Waals surface area contributed by atoms with Crippen molar-refractivity contribution in [3.63, 3.8) is 0 Å². The summed E-state index contributed by atoms with van der Waals surface area (Å²) in [7, 11) is 0. The van der Waals surface area contributed by atoms with Gasteiger partial charge in [-0.2, -0.15) is 0 Å². The molecule has 5 heteroatoms. The fraction of sp³-hybridized carbons (Fsp3) is 0. The van der Waals surface area contributed by atoms with Gasteiger partial charge in [0.05, 0.1) is 5.69 Å². The van der Waals surface area contributed by atoms with E-state index in [0.29, 0.717) is 15.9 Å². The number of hydrogen-bond acceptors (Lipinski definition) is 2. The first kappa shape index (κ1) is 10.2. The number of nitrogens with zero attached hydrogens (tertiary/aromatic N) is 2. The van der Waals surface area contributed by atoms with Crippen LogP contribution in [0.5, 0.6) is 0 Å². The highest BCUT2D eigenvalue weighted by molar-refractivity contribution is 9.10. The predicted molar refractivity (Wildman–Crippen MR) is 55.1 cm³/mol. The number of rotatable bonds is 1. The van der Waals surface area contributed by atoms with Gasteiger partial charge in [0.1, 0.15) is 4.60 Å². The van der Waals surface area contributed by atoms with Crippen LogP contribution in [0.25, 0.3) is 11.3 Å². The van der Waals surface area contributed by atoms with Crippen molar-refractivity contribution in [3.8, 4) is 11.3 Å². The van der Waals surface area contributed by atoms with E-state index in [2.05, 4.69) is 26.1 Å². The van der Waals surface area contributed by atoms with E-state index in [1.54, 1.807) is 12.1 Å². The molecule has 0 amide bonds. The lowest BCUT2D eigenvalue weighted by atomic mass is 10.1. The lowest BCUT2D eigenvalue weighted by Crippen LogP contribution is -1.90. The SMILES string of the molecule is Fc1ccc(-c2ccc(Br)nn2)cc1F. The summed E-state index contributed by atoms with van der Waals surface area (Å²) in [6.07, 6.45) is 0. The second kappa shape index (κ2) is 4.02. The van der Waals surface area contributed by atoms with Crippen LogP contribution in [0.4, 0.5) is 8.78 Å². The van der Waals surface area contributed by atoms with Gasteiger partial charge in [0.15, 0.2) is 11.6 Å². The lowest BCUT2D eigenvalue weighted by Gasteiger charge is -2.00. The Bertz CT molecular complexity index is 485. The smallest absolute Gasteiger partial charge is 0.159 e. The number of hydrogen-bond donors (Lipinski definition) is 0. The maximum atomic E-state index is 12.9. The van der Waals surface area contributed by atoms with E-state index in [9.17, 15) is 8.78 Å². The molecule has 0 fully saturated rings. The third-order valence-corrected chi connectivity index (χ3v) is 2.27. The summed E-state index contributed by atoms with van der Waals surface area (Å²) < 4.78 is 26.2. The molecule has 0 unspecified atom stereocenters. The maximum Gasteiger partial charge on any atom is 0.159 e. The van der Waals surface area contributed by atoms with Gasteiger partial charge in [-0.05, 0) is 46.3 Å². The van der Waals surface area contributed by atoms with Crippen LogP contribution in [0.1, 0.15) is 0 Å². The van der Waals surface area contributed by atoms with E-state index in [4.69, 9.17) is 0 Å². The Morgan fingerprint density at radius 1 is 0.933 bits per heavy atom. The molecule has 0 aliphatic rings. The van der Waals surface area contributed by atoms with Gasteiger partial charge in [0.2, 0.25) is 0 Å². The van der Waals surface area contributed by atoms with Gasteiger partial charge in [-0.15, -0.1) is 10.2 Å². The van der Waals surface area contributed by atoms with E-state index in [-0.39, 0.29) is 0 Å². The molecule has 2 aromatic rings. The molecule has 1 aromatic heterocycles. The Labute approximate surface area is 93.1 Å². The summed E-state index contributed by atoms with van der Waals surface area (Å²) >= 11 is 3.14. The molecule has 1 aromatic carbocycles. The Hall–Kier alpha value is -1.36. The van der Waals surface area contributed by atoms with E-state index < -0.39 is 11.6 Å². The van der Waals surface area contributed by atoms with Gasteiger partial charge in [0.25, 0.3) is 0 Å². The fourth-order valence-electron chi connectivity index (χ4n) is 1.13. The summed E-state index contributed by atoms with van der Waals surface area (Å²) in [5.74, 6) is -1.76. The molecule has 0 bridgehead atoms. The van der Waals surface area contributed by atoms with Crippen molar-refractivity contribution in [2.24, 2.45) is 0 Å². The number of aromatic nitrogens is 2. The third-order valence-electron chi connectivity index (χ3n) is 1.85. The zero-order valence-electron chi connectivity index (χ0n) is 7.42. The van der Waals surface area contributed by atoms with Crippen molar-refractivity contribution < 1.29 is 8.78 Å². The number of benzene rings is 1. The highest BCUT2D eigenvalue weighted by Gasteiger charge is 2.05. The van der Waals surface area contributed by atoms with Crippen LogP contribution in [-0.2, 0) is 0 Å². The largest absolute Gasteiger partial charge is 0.204 e. The second-order valence-corrected chi connectivity index (χ2v) is 3.68. The molecule has 2 nitrogen and oxygen atoms in total. The van der Waals surface area contributed by atoms with Crippen molar-refractivity contribution in [2.45, 2.75) is 0 Å². The molecule has 0 spiro atoms. The minimum atomic E-state index is -0.891. The van der Waals surface area contributed by atoms with Crippen molar-refractivity contribution in [1.29, 1.82) is 0 Å². The van der Waals surface area contributed by atoms with Gasteiger partial charge < -0.3 is 0 Å². The van der Waals surface area contributed by atoms with E-state index in [0.717, 1.165) is 12.1 Å². The first-order valence-corrected chi connectivity index (χ1v) is 4.91. The molecule has 0 saturated carbocycles. The first-order valence-electron chi connectivity index (χ1n) is 4.11. The first-order chi connectivity index (χ1) is 7.16. The molecule has 0 saturated heterocycles. The number of halogens is 3. The Kier molecular flexibility index (Phi) is 2.73. The molecule has 2 rings (SSSR count). The molecule has 0 N–H and O–H groups in total. The molecule has 1 heterocycles. The second-order valence-electron chi connectivity index (χ2n) is 2.87. The summed E-state index contributed by atoms with van der Waals surface area (Å²) in [4.78, 5) is 0. The van der Waals surface area contributed by atoms with Crippen molar-refractivity contribution in [3.05, 3.63) is 46.6 Å². The zero-order valence-corrected chi connectivity index (χ0v) is 9.00. The van der Waals surface area contributed by atoms with Gasteiger partial charge in [-0.3, -0.25) is 0 Å². The molecular formula is C10H5BrF2N2. The summed E-state index contributed by atoms with van der Waals surface area (Å²) in [5.41, 5.74) is 0.992. The van der Waals surface area contributed by atoms with Crippen LogP contribution in [0.3, 0.4) is 0 Å². The maximum absolute atomic E-state index is 12.9. The third kappa shape index (κ3) is 2.18. The van der Waals surface area contributed by atoms with Gasteiger partial charge in [0, 0.05) is 5.56 Å². The monoisotopic (exact) mass is 270 g/mol. The van der Waals surface area contributed by atoms with Gasteiger partial charge in [-0.1, -0.05) is 0 Å². The fourth-order valence-corrected chi connectivity index (χ4v) is 1.34. The summed E-state index contributed by atoms with van der Waals surface area (Å²) in [6.45, 7) is 0. The topological polar surface area (TPSA) is 25.8 Å². The molecule has 0 aliphatic heterocycles. The van der Waals surface area contributed by atoms with Crippen molar-refractivity contribution >= 4 is 15.9 Å². The van der Waals surface area contributed by atoms with E-state index in [1.807, 2.05) is 0 Å². The Morgan fingerprint density at radius 3 is 2.33 bits per heavy atom. The van der Waals surface area contributed by atoms with Crippen LogP contribution in [0.15, 0.2) is 34.9 Å². The van der Waals surface area contributed by atoms with Crippen LogP contribution >= 0.6 is 15.9 Å². The minimum Gasteiger partial charge on any atom is -0.204 e. The minimum absolute atomic E-state index is 0.494. The van der Waals surface area contributed by atoms with Crippen LogP contribution in [-0.4, -0.2) is 10.2 Å². The average Bonchev–Trinajstić information content (AvgIpc) is 2.23. The molecule has 15 heavy (non-hydrogen) atoms. The van der Waals surface area contributed by atoms with E-state index in [1.165, 1.54) is 6.07 Å². The lowest BCUT2D eigenvalue weighted by molar-refractivity contribution is 0.509. The zero-order chi connectivity index (χ0) is 10.8. The average molecular weight is 271 g/mol. The summed E-state index contributed by atoms with van der Waals surface area (Å²) in [5, 5.41) is 7.59. The molecular weight excluding hydrogens is 266 g/mol. The quantitative estimate of drug-likeness (QED) is 0.796.